The summed E-state index contributed by atoms with van der Waals surface area (Å²) in [5, 5.41) is 5.26. The Morgan fingerprint density at radius 3 is 2.36 bits per heavy atom. The van der Waals surface area contributed by atoms with Crippen molar-refractivity contribution < 1.29 is 0 Å². The summed E-state index contributed by atoms with van der Waals surface area (Å²) in [6.45, 7) is 8.29. The van der Waals surface area contributed by atoms with Crippen LogP contribution in [0.5, 0.6) is 0 Å². The molecule has 0 spiro atoms. The summed E-state index contributed by atoms with van der Waals surface area (Å²) in [6, 6.07) is 28.9. The van der Waals surface area contributed by atoms with Crippen LogP contribution in [0.15, 0.2) is 109 Å². The molecule has 7 aromatic rings. The molecule has 0 atom stereocenters. The molecule has 0 bridgehead atoms. The van der Waals surface area contributed by atoms with Gasteiger partial charge in [-0.1, -0.05) is 85.3 Å². The second-order valence-corrected chi connectivity index (χ2v) is 14.1. The fraction of sp³-hybridized carbons (Fsp3) is 0.0976. The van der Waals surface area contributed by atoms with E-state index in [0.717, 1.165) is 28.9 Å². The molecular weight excluding hydrogens is 589 g/mol. The molecule has 0 saturated heterocycles. The Morgan fingerprint density at radius 1 is 0.795 bits per heavy atom. The Bertz CT molecular complexity index is 2370. The van der Waals surface area contributed by atoms with Crippen LogP contribution in [-0.4, -0.2) is 0 Å². The topological polar surface area (TPSA) is 0 Å². The third kappa shape index (κ3) is 5.07. The van der Waals surface area contributed by atoms with Gasteiger partial charge in [0.05, 0.1) is 4.88 Å². The van der Waals surface area contributed by atoms with Gasteiger partial charge in [-0.15, -0.1) is 46.2 Å². The molecule has 0 aliphatic rings. The van der Waals surface area contributed by atoms with E-state index in [1.165, 1.54) is 67.5 Å². The summed E-state index contributed by atoms with van der Waals surface area (Å²) in [5.41, 5.74) is 10.7. The summed E-state index contributed by atoms with van der Waals surface area (Å²) in [5.74, 6) is 2.88. The average Bonchev–Trinajstić information content (AvgIpc) is 3.71. The maximum Gasteiger partial charge on any atom is 0.0850 e. The first-order valence-electron chi connectivity index (χ1n) is 14.7. The lowest BCUT2D eigenvalue weighted by atomic mass is 10.00. The number of allylic oxidation sites excluding steroid dienone is 3. The number of hydrogen-bond acceptors (Lipinski definition) is 3. The highest BCUT2D eigenvalue weighted by atomic mass is 32.1. The number of rotatable bonds is 7. The first-order chi connectivity index (χ1) is 21.6. The van der Waals surface area contributed by atoms with Gasteiger partial charge in [0, 0.05) is 51.8 Å². The van der Waals surface area contributed by atoms with Crippen LogP contribution >= 0.6 is 34.0 Å². The summed E-state index contributed by atoms with van der Waals surface area (Å²) >= 11 is 5.45. The normalized spacial score (nSPS) is 11.8. The van der Waals surface area contributed by atoms with Gasteiger partial charge < -0.3 is 0 Å². The Hall–Kier alpha value is -4.42. The lowest BCUT2D eigenvalue weighted by molar-refractivity contribution is 1.23. The molecule has 4 aromatic carbocycles. The van der Waals surface area contributed by atoms with Crippen LogP contribution in [0.2, 0.25) is 0 Å². The van der Waals surface area contributed by atoms with E-state index in [1.807, 2.05) is 29.6 Å². The minimum absolute atomic E-state index is 0.758. The molecule has 0 unspecified atom stereocenters. The monoisotopic (exact) mass is 618 g/mol. The van der Waals surface area contributed by atoms with Crippen LogP contribution in [-0.2, 0) is 12.8 Å². The van der Waals surface area contributed by atoms with Gasteiger partial charge in [-0.25, -0.2) is 0 Å². The molecule has 0 fully saturated rings. The largest absolute Gasteiger partial charge is 0.136 e. The summed E-state index contributed by atoms with van der Waals surface area (Å²) in [6.07, 6.45) is 16.1. The minimum atomic E-state index is 0.758. The molecule has 0 N–H and O–H groups in total. The standard InChI is InChI=1S/C41H30S3/c1-5-12-31-33-16-10-13-29(40(33)43-36(31)7-3)23-27(6-2)19-21-37-26(4)35-25-28(20-22-39(35)42-37)24-30-14-11-17-34-32-15-8-9-18-38(32)44-41(30)34/h3,5,8-22,25H,2,23-24H2,1,4H3. The van der Waals surface area contributed by atoms with E-state index in [-0.39, 0.29) is 0 Å². The number of fused-ring (bicyclic) bond motifs is 5. The van der Waals surface area contributed by atoms with Crippen molar-refractivity contribution >= 4 is 86.5 Å². The van der Waals surface area contributed by atoms with Gasteiger partial charge in [0.1, 0.15) is 0 Å². The molecule has 0 aliphatic carbocycles. The molecular formula is C41H30S3. The maximum absolute atomic E-state index is 5.85. The number of aryl methyl sites for hydroxylation is 1. The molecule has 0 saturated carbocycles. The van der Waals surface area contributed by atoms with Crippen molar-refractivity contribution in [1.82, 2.24) is 0 Å². The van der Waals surface area contributed by atoms with Crippen molar-refractivity contribution in [2.45, 2.75) is 26.7 Å². The summed E-state index contributed by atoms with van der Waals surface area (Å²) < 4.78 is 5.31. The van der Waals surface area contributed by atoms with Gasteiger partial charge in [0.2, 0.25) is 0 Å². The van der Waals surface area contributed by atoms with Crippen molar-refractivity contribution in [2.24, 2.45) is 0 Å². The Morgan fingerprint density at radius 2 is 1.55 bits per heavy atom. The smallest absolute Gasteiger partial charge is 0.0850 e. The van der Waals surface area contributed by atoms with Crippen LogP contribution < -0.4 is 0 Å². The van der Waals surface area contributed by atoms with E-state index in [9.17, 15) is 0 Å². The molecule has 0 amide bonds. The van der Waals surface area contributed by atoms with E-state index in [1.54, 1.807) is 11.3 Å². The van der Waals surface area contributed by atoms with Crippen molar-refractivity contribution in [3.05, 3.63) is 146 Å². The van der Waals surface area contributed by atoms with E-state index < -0.39 is 0 Å². The SMILES string of the molecule is C#Cc1sc2c(CC(=C=C)C=Cc3sc4ccc(Cc5cccc6c5sc5ccccc56)cc4c3C)cccc2c1C=CC. The fourth-order valence-corrected chi connectivity index (χ4v) is 9.48. The highest BCUT2D eigenvalue weighted by Crippen LogP contribution is 2.38. The maximum atomic E-state index is 5.85. The lowest BCUT2D eigenvalue weighted by Crippen LogP contribution is -1.88. The second kappa shape index (κ2) is 11.9. The third-order valence-corrected chi connectivity index (χ3v) is 12.0. The molecule has 0 radical (unpaired) electrons. The molecule has 44 heavy (non-hydrogen) atoms. The van der Waals surface area contributed by atoms with Gasteiger partial charge >= 0.3 is 0 Å². The molecule has 7 rings (SSSR count). The van der Waals surface area contributed by atoms with Crippen LogP contribution in [0.1, 0.15) is 44.5 Å². The van der Waals surface area contributed by atoms with Crippen molar-refractivity contribution in [3.8, 4) is 12.3 Å². The molecule has 3 heteroatoms. The van der Waals surface area contributed by atoms with E-state index in [0.29, 0.717) is 0 Å². The highest BCUT2D eigenvalue weighted by molar-refractivity contribution is 7.26. The number of terminal acetylenes is 1. The predicted molar refractivity (Wildman–Crippen MR) is 199 cm³/mol. The van der Waals surface area contributed by atoms with Gasteiger partial charge in [-0.2, -0.15) is 0 Å². The van der Waals surface area contributed by atoms with Crippen LogP contribution in [0.3, 0.4) is 0 Å². The second-order valence-electron chi connectivity index (χ2n) is 11.0. The Labute approximate surface area is 270 Å². The van der Waals surface area contributed by atoms with Crippen molar-refractivity contribution in [2.75, 3.05) is 0 Å². The highest BCUT2D eigenvalue weighted by Gasteiger charge is 2.14. The number of benzene rings is 4. The van der Waals surface area contributed by atoms with Gasteiger partial charge in [0.15, 0.2) is 0 Å². The first-order valence-corrected chi connectivity index (χ1v) is 17.1. The molecule has 0 nitrogen and oxygen atoms in total. The quantitative estimate of drug-likeness (QED) is 0.0947. The van der Waals surface area contributed by atoms with Crippen molar-refractivity contribution in [1.29, 1.82) is 0 Å². The lowest BCUT2D eigenvalue weighted by Gasteiger charge is -2.05. The predicted octanol–water partition coefficient (Wildman–Crippen LogP) is 12.4. The average molecular weight is 619 g/mol. The van der Waals surface area contributed by atoms with E-state index >= 15 is 0 Å². The van der Waals surface area contributed by atoms with Gasteiger partial charge in [-0.05, 0) is 83.8 Å². The Balaban J connectivity index is 1.16. The number of hydrogen-bond donors (Lipinski definition) is 0. The van der Waals surface area contributed by atoms with Gasteiger partial charge in [-0.3, -0.25) is 0 Å². The summed E-state index contributed by atoms with van der Waals surface area (Å²) in [4.78, 5) is 2.25. The first kappa shape index (κ1) is 28.4. The zero-order valence-electron chi connectivity index (χ0n) is 24.7. The van der Waals surface area contributed by atoms with Crippen molar-refractivity contribution in [3.63, 3.8) is 0 Å². The van der Waals surface area contributed by atoms with Crippen LogP contribution in [0, 0.1) is 19.3 Å². The zero-order valence-corrected chi connectivity index (χ0v) is 27.2. The van der Waals surface area contributed by atoms with E-state index in [4.69, 9.17) is 6.42 Å². The minimum Gasteiger partial charge on any atom is -0.136 e. The molecule has 3 aromatic heterocycles. The Kier molecular flexibility index (Phi) is 7.69. The van der Waals surface area contributed by atoms with E-state index in [2.05, 4.69) is 128 Å². The number of thiophene rings is 3. The summed E-state index contributed by atoms with van der Waals surface area (Å²) in [7, 11) is 0. The van der Waals surface area contributed by atoms with Gasteiger partial charge in [0.25, 0.3) is 0 Å². The molecule has 3 heterocycles. The van der Waals surface area contributed by atoms with Crippen LogP contribution in [0.25, 0.3) is 52.5 Å². The van der Waals surface area contributed by atoms with Crippen LogP contribution in [0.4, 0.5) is 0 Å². The molecule has 0 aliphatic heterocycles. The zero-order chi connectivity index (χ0) is 30.2. The third-order valence-electron chi connectivity index (χ3n) is 8.26. The fourth-order valence-electron chi connectivity index (χ4n) is 6.06. The molecule has 212 valence electrons.